The molecule has 1 aromatic heterocycles. The Morgan fingerprint density at radius 1 is 1.55 bits per heavy atom. The van der Waals surface area contributed by atoms with Gasteiger partial charge in [-0.3, -0.25) is 4.79 Å². The van der Waals surface area contributed by atoms with E-state index >= 15 is 0 Å². The van der Waals surface area contributed by atoms with E-state index in [1.54, 1.807) is 16.2 Å². The van der Waals surface area contributed by atoms with Gasteiger partial charge in [0, 0.05) is 13.1 Å². The number of thioether (sulfide) groups is 1. The molecule has 1 amide bonds. The number of aromatic nitrogens is 1. The zero-order valence-electron chi connectivity index (χ0n) is 11.2. The van der Waals surface area contributed by atoms with Crippen LogP contribution in [0.1, 0.15) is 13.3 Å². The molecule has 106 valence electrons. The molecule has 1 unspecified atom stereocenters. The third-order valence-corrected chi connectivity index (χ3v) is 5.59. The van der Waals surface area contributed by atoms with Crippen molar-refractivity contribution in [2.24, 2.45) is 0 Å². The number of rotatable bonds is 3. The van der Waals surface area contributed by atoms with Crippen LogP contribution in [-0.4, -0.2) is 45.3 Å². The third kappa shape index (κ3) is 2.82. The number of nitrogens with zero attached hydrogens (tertiary/aromatic N) is 2. The lowest BCUT2D eigenvalue weighted by Crippen LogP contribution is -2.35. The molecule has 4 nitrogen and oxygen atoms in total. The first-order chi connectivity index (χ1) is 9.63. The summed E-state index contributed by atoms with van der Waals surface area (Å²) in [6, 6.07) is 7.99. The zero-order chi connectivity index (χ0) is 14.1. The highest BCUT2D eigenvalue weighted by atomic mass is 32.2. The Labute approximate surface area is 125 Å². The van der Waals surface area contributed by atoms with Gasteiger partial charge in [0.15, 0.2) is 4.34 Å². The molecule has 1 fully saturated rings. The molecule has 1 aromatic carbocycles. The minimum absolute atomic E-state index is 0.0887. The largest absolute Gasteiger partial charge is 0.391 e. The summed E-state index contributed by atoms with van der Waals surface area (Å²) in [7, 11) is 0. The smallest absolute Gasteiger partial charge is 0.235 e. The van der Waals surface area contributed by atoms with Crippen LogP contribution in [-0.2, 0) is 4.79 Å². The summed E-state index contributed by atoms with van der Waals surface area (Å²) in [5.41, 5.74) is 0.983. The van der Waals surface area contributed by atoms with Gasteiger partial charge in [0.25, 0.3) is 0 Å². The monoisotopic (exact) mass is 308 g/mol. The van der Waals surface area contributed by atoms with Gasteiger partial charge in [0.05, 0.1) is 21.6 Å². The molecule has 0 aliphatic carbocycles. The highest BCUT2D eigenvalue weighted by molar-refractivity contribution is 8.02. The van der Waals surface area contributed by atoms with Crippen molar-refractivity contribution in [3.8, 4) is 0 Å². The molecule has 0 radical (unpaired) electrons. The predicted octanol–water partition coefficient (Wildman–Crippen LogP) is 2.37. The van der Waals surface area contributed by atoms with Crippen molar-refractivity contribution >= 4 is 39.2 Å². The molecule has 0 bridgehead atoms. The minimum atomic E-state index is -0.362. The molecule has 2 aromatic rings. The maximum atomic E-state index is 12.3. The van der Waals surface area contributed by atoms with Crippen LogP contribution in [0.15, 0.2) is 28.6 Å². The summed E-state index contributed by atoms with van der Waals surface area (Å²) >= 11 is 3.12. The number of benzene rings is 1. The third-order valence-electron chi connectivity index (χ3n) is 3.37. The number of amides is 1. The molecule has 20 heavy (non-hydrogen) atoms. The molecule has 1 aliphatic heterocycles. The molecule has 0 saturated carbocycles. The van der Waals surface area contributed by atoms with Crippen molar-refractivity contribution in [2.45, 2.75) is 29.0 Å². The van der Waals surface area contributed by atoms with Gasteiger partial charge in [-0.25, -0.2) is 4.98 Å². The van der Waals surface area contributed by atoms with Gasteiger partial charge in [0.1, 0.15) is 0 Å². The Bertz CT molecular complexity index is 595. The van der Waals surface area contributed by atoms with Crippen LogP contribution in [0.25, 0.3) is 10.2 Å². The number of likely N-dealkylation sites (tertiary alicyclic amines) is 1. The van der Waals surface area contributed by atoms with Crippen LogP contribution in [0, 0.1) is 0 Å². The van der Waals surface area contributed by atoms with E-state index in [2.05, 4.69) is 4.98 Å². The van der Waals surface area contributed by atoms with Gasteiger partial charge in [-0.05, 0) is 25.5 Å². The summed E-state index contributed by atoms with van der Waals surface area (Å²) in [5, 5.41) is 9.34. The van der Waals surface area contributed by atoms with Crippen molar-refractivity contribution in [2.75, 3.05) is 13.1 Å². The van der Waals surface area contributed by atoms with E-state index < -0.39 is 0 Å². The second-order valence-electron chi connectivity index (χ2n) is 4.93. The van der Waals surface area contributed by atoms with Gasteiger partial charge in [-0.1, -0.05) is 23.9 Å². The Morgan fingerprint density at radius 2 is 2.35 bits per heavy atom. The van der Waals surface area contributed by atoms with Crippen molar-refractivity contribution in [1.82, 2.24) is 9.88 Å². The van der Waals surface area contributed by atoms with Gasteiger partial charge >= 0.3 is 0 Å². The standard InChI is InChI=1S/C14H16N2O2S2/c1-9(13(18)16-7-6-10(17)8-16)19-14-15-11-4-2-3-5-12(11)20-14/h2-5,9-10,17H,6-8H2,1H3/t9?,10-/m1/s1. The topological polar surface area (TPSA) is 53.4 Å². The maximum Gasteiger partial charge on any atom is 0.235 e. The molecule has 0 spiro atoms. The number of para-hydroxylation sites is 1. The molecule has 1 saturated heterocycles. The first-order valence-corrected chi connectivity index (χ1v) is 8.32. The molecule has 6 heteroatoms. The quantitative estimate of drug-likeness (QED) is 0.885. The lowest BCUT2D eigenvalue weighted by molar-refractivity contribution is -0.129. The van der Waals surface area contributed by atoms with E-state index in [1.165, 1.54) is 11.8 Å². The number of thiazole rings is 1. The fourth-order valence-electron chi connectivity index (χ4n) is 2.30. The number of fused-ring (bicyclic) bond motifs is 1. The van der Waals surface area contributed by atoms with Crippen molar-refractivity contribution in [3.63, 3.8) is 0 Å². The van der Waals surface area contributed by atoms with Gasteiger partial charge in [-0.2, -0.15) is 0 Å². The first kappa shape index (κ1) is 13.9. The first-order valence-electron chi connectivity index (χ1n) is 6.62. The van der Waals surface area contributed by atoms with Crippen LogP contribution in [0.5, 0.6) is 0 Å². The Hall–Kier alpha value is -1.11. The highest BCUT2D eigenvalue weighted by Gasteiger charge is 2.28. The van der Waals surface area contributed by atoms with Crippen LogP contribution >= 0.6 is 23.1 Å². The number of β-amino-alcohol motifs (C(OH)–C–C–N with tert-alkyl or cyclic N) is 1. The lowest BCUT2D eigenvalue weighted by Gasteiger charge is -2.19. The van der Waals surface area contributed by atoms with Crippen LogP contribution < -0.4 is 0 Å². The Balaban J connectivity index is 1.68. The average molecular weight is 308 g/mol. The molecule has 3 rings (SSSR count). The molecular formula is C14H16N2O2S2. The van der Waals surface area contributed by atoms with E-state index in [9.17, 15) is 9.90 Å². The SMILES string of the molecule is CC(Sc1nc2ccccc2s1)C(=O)N1CC[C@@H](O)C1. The second kappa shape index (κ2) is 5.71. The van der Waals surface area contributed by atoms with E-state index in [0.29, 0.717) is 19.5 Å². The average Bonchev–Trinajstić information content (AvgIpc) is 3.03. The summed E-state index contributed by atoms with van der Waals surface area (Å²) in [5.74, 6) is 0.0887. The number of aliphatic hydroxyl groups is 1. The van der Waals surface area contributed by atoms with Crippen molar-refractivity contribution in [1.29, 1.82) is 0 Å². The van der Waals surface area contributed by atoms with E-state index in [0.717, 1.165) is 14.6 Å². The normalized spacial score (nSPS) is 20.5. The molecule has 2 heterocycles. The Kier molecular flexibility index (Phi) is 3.96. The van der Waals surface area contributed by atoms with Crippen LogP contribution in [0.4, 0.5) is 0 Å². The number of carbonyl (C=O) groups is 1. The number of carbonyl (C=O) groups excluding carboxylic acids is 1. The number of hydrogen-bond donors (Lipinski definition) is 1. The molecule has 2 atom stereocenters. The highest BCUT2D eigenvalue weighted by Crippen LogP contribution is 2.32. The van der Waals surface area contributed by atoms with Crippen LogP contribution in [0.3, 0.4) is 0 Å². The number of hydrogen-bond acceptors (Lipinski definition) is 5. The molecule has 1 aliphatic rings. The molecular weight excluding hydrogens is 292 g/mol. The Morgan fingerprint density at radius 3 is 3.05 bits per heavy atom. The summed E-state index contributed by atoms with van der Waals surface area (Å²) in [6.07, 6.45) is 0.322. The second-order valence-corrected chi connectivity index (χ2v) is 7.55. The van der Waals surface area contributed by atoms with E-state index in [-0.39, 0.29) is 17.3 Å². The fraction of sp³-hybridized carbons (Fsp3) is 0.429. The van der Waals surface area contributed by atoms with Crippen molar-refractivity contribution < 1.29 is 9.90 Å². The lowest BCUT2D eigenvalue weighted by atomic mass is 10.3. The van der Waals surface area contributed by atoms with Crippen molar-refractivity contribution in [3.05, 3.63) is 24.3 Å². The van der Waals surface area contributed by atoms with Gasteiger partial charge in [0.2, 0.25) is 5.91 Å². The summed E-state index contributed by atoms with van der Waals surface area (Å²) < 4.78 is 2.07. The van der Waals surface area contributed by atoms with Crippen LogP contribution in [0.2, 0.25) is 0 Å². The minimum Gasteiger partial charge on any atom is -0.391 e. The predicted molar refractivity (Wildman–Crippen MR) is 82.1 cm³/mol. The fourth-order valence-corrected chi connectivity index (χ4v) is 4.60. The van der Waals surface area contributed by atoms with E-state index in [1.807, 2.05) is 31.2 Å². The van der Waals surface area contributed by atoms with Gasteiger partial charge in [-0.15, -0.1) is 11.3 Å². The summed E-state index contributed by atoms with van der Waals surface area (Å²) in [4.78, 5) is 18.6. The summed E-state index contributed by atoms with van der Waals surface area (Å²) in [6.45, 7) is 3.03. The maximum absolute atomic E-state index is 12.3. The number of aliphatic hydroxyl groups excluding tert-OH is 1. The van der Waals surface area contributed by atoms with E-state index in [4.69, 9.17) is 0 Å². The zero-order valence-corrected chi connectivity index (χ0v) is 12.8. The molecule has 1 N–H and O–H groups in total. The van der Waals surface area contributed by atoms with Gasteiger partial charge < -0.3 is 10.0 Å².